The first-order valence-electron chi connectivity index (χ1n) is 8.43. The molecule has 7 heteroatoms. The number of amides is 2. The van der Waals surface area contributed by atoms with Crippen LogP contribution < -0.4 is 4.90 Å². The molecule has 4 atom stereocenters. The van der Waals surface area contributed by atoms with Crippen molar-refractivity contribution in [3.8, 4) is 0 Å². The molecule has 0 aliphatic carbocycles. The lowest BCUT2D eigenvalue weighted by Crippen LogP contribution is -2.34. The smallest absolute Gasteiger partial charge is 0.241 e. The predicted octanol–water partition coefficient (Wildman–Crippen LogP) is 2.25. The number of carbonyl (C=O) groups excluding carboxylic acids is 2. The number of hydrogen-bond donors (Lipinski definition) is 0. The molecule has 2 amide bonds. The van der Waals surface area contributed by atoms with Crippen LogP contribution in [0.25, 0.3) is 0 Å². The van der Waals surface area contributed by atoms with Gasteiger partial charge in [-0.2, -0.15) is 5.10 Å². The van der Waals surface area contributed by atoms with Gasteiger partial charge < -0.3 is 4.74 Å². The number of aromatic nitrogens is 2. The lowest BCUT2D eigenvalue weighted by atomic mass is 9.81. The third-order valence-corrected chi connectivity index (χ3v) is 5.65. The van der Waals surface area contributed by atoms with Crippen LogP contribution in [0, 0.1) is 11.8 Å². The molecule has 3 aliphatic rings. The first-order valence-corrected chi connectivity index (χ1v) is 8.81. The number of benzene rings is 1. The van der Waals surface area contributed by atoms with Crippen LogP contribution in [-0.4, -0.2) is 33.8 Å². The molecule has 2 bridgehead atoms. The highest BCUT2D eigenvalue weighted by Crippen LogP contribution is 2.49. The van der Waals surface area contributed by atoms with E-state index in [0.717, 1.165) is 18.4 Å². The van der Waals surface area contributed by atoms with Gasteiger partial charge in [0.1, 0.15) is 0 Å². The topological polar surface area (TPSA) is 64.4 Å². The van der Waals surface area contributed by atoms with E-state index in [4.69, 9.17) is 16.3 Å². The van der Waals surface area contributed by atoms with Crippen molar-refractivity contribution in [1.82, 2.24) is 9.78 Å². The highest BCUT2D eigenvalue weighted by molar-refractivity contribution is 6.30. The van der Waals surface area contributed by atoms with E-state index in [1.54, 1.807) is 16.9 Å². The maximum Gasteiger partial charge on any atom is 0.241 e. The fraction of sp³-hybridized carbons (Fsp3) is 0.389. The lowest BCUT2D eigenvalue weighted by Gasteiger charge is -2.15. The van der Waals surface area contributed by atoms with Crippen molar-refractivity contribution in [1.29, 1.82) is 0 Å². The summed E-state index contributed by atoms with van der Waals surface area (Å²) in [6.07, 6.45) is 3.30. The number of halogens is 1. The Labute approximate surface area is 149 Å². The minimum absolute atomic E-state index is 0.104. The summed E-state index contributed by atoms with van der Waals surface area (Å²) in [6.45, 7) is 0.550. The predicted molar refractivity (Wildman–Crippen MR) is 90.1 cm³/mol. The van der Waals surface area contributed by atoms with Gasteiger partial charge in [0.2, 0.25) is 11.8 Å². The van der Waals surface area contributed by atoms with Crippen molar-refractivity contribution in [3.05, 3.63) is 47.1 Å². The first-order chi connectivity index (χ1) is 12.1. The minimum Gasteiger partial charge on any atom is -0.373 e. The van der Waals surface area contributed by atoms with E-state index in [9.17, 15) is 9.59 Å². The summed E-state index contributed by atoms with van der Waals surface area (Å²) < 4.78 is 7.47. The van der Waals surface area contributed by atoms with Gasteiger partial charge in [-0.15, -0.1) is 0 Å². The largest absolute Gasteiger partial charge is 0.373 e. The monoisotopic (exact) mass is 357 g/mol. The SMILES string of the molecule is O=C1[C@H]2[C@H](C(=O)N1c1ccn(Cc3ccc(Cl)cc3)n1)[C@H]1CC[C@H]2O1. The number of imide groups is 1. The molecule has 3 saturated heterocycles. The summed E-state index contributed by atoms with van der Waals surface area (Å²) in [6, 6.07) is 9.22. The fourth-order valence-electron chi connectivity index (χ4n) is 4.27. The van der Waals surface area contributed by atoms with Crippen molar-refractivity contribution >= 4 is 29.2 Å². The zero-order valence-electron chi connectivity index (χ0n) is 13.3. The van der Waals surface area contributed by atoms with Gasteiger partial charge in [-0.05, 0) is 30.5 Å². The molecule has 1 aromatic heterocycles. The molecule has 5 rings (SSSR count). The third-order valence-electron chi connectivity index (χ3n) is 5.40. The maximum absolute atomic E-state index is 12.8. The summed E-state index contributed by atoms with van der Waals surface area (Å²) in [5.41, 5.74) is 1.04. The van der Waals surface area contributed by atoms with Gasteiger partial charge in [0.15, 0.2) is 5.82 Å². The van der Waals surface area contributed by atoms with E-state index in [-0.39, 0.29) is 35.9 Å². The third kappa shape index (κ3) is 2.24. The summed E-state index contributed by atoms with van der Waals surface area (Å²) in [5, 5.41) is 5.12. The Hall–Kier alpha value is -2.18. The Morgan fingerprint density at radius 2 is 1.68 bits per heavy atom. The van der Waals surface area contributed by atoms with Gasteiger partial charge in [-0.25, -0.2) is 4.90 Å². The molecular weight excluding hydrogens is 342 g/mol. The molecule has 3 fully saturated rings. The molecular formula is C18H16ClN3O3. The average molecular weight is 358 g/mol. The van der Waals surface area contributed by atoms with E-state index in [1.165, 1.54) is 4.90 Å². The number of ether oxygens (including phenoxy) is 1. The van der Waals surface area contributed by atoms with Crippen LogP contribution in [0.4, 0.5) is 5.82 Å². The number of carbonyl (C=O) groups is 2. The summed E-state index contributed by atoms with van der Waals surface area (Å²) >= 11 is 5.90. The number of nitrogens with zero attached hydrogens (tertiary/aromatic N) is 3. The number of fused-ring (bicyclic) bond motifs is 5. The van der Waals surface area contributed by atoms with Crippen LogP contribution in [-0.2, 0) is 20.9 Å². The van der Waals surface area contributed by atoms with Crippen molar-refractivity contribution in [2.45, 2.75) is 31.6 Å². The van der Waals surface area contributed by atoms with Crippen LogP contribution in [0.3, 0.4) is 0 Å². The van der Waals surface area contributed by atoms with Crippen molar-refractivity contribution < 1.29 is 14.3 Å². The molecule has 0 radical (unpaired) electrons. The van der Waals surface area contributed by atoms with Crippen LogP contribution in [0.2, 0.25) is 5.02 Å². The van der Waals surface area contributed by atoms with Crippen molar-refractivity contribution in [3.63, 3.8) is 0 Å². The molecule has 6 nitrogen and oxygen atoms in total. The van der Waals surface area contributed by atoms with Crippen molar-refractivity contribution in [2.75, 3.05) is 4.90 Å². The molecule has 0 spiro atoms. The Balaban J connectivity index is 1.39. The molecule has 1 aromatic carbocycles. The summed E-state index contributed by atoms with van der Waals surface area (Å²) in [7, 11) is 0. The normalized spacial score (nSPS) is 30.4. The highest BCUT2D eigenvalue weighted by Gasteiger charge is 2.63. The molecule has 25 heavy (non-hydrogen) atoms. The molecule has 0 N–H and O–H groups in total. The maximum atomic E-state index is 12.8. The van der Waals surface area contributed by atoms with E-state index in [2.05, 4.69) is 5.10 Å². The van der Waals surface area contributed by atoms with Crippen LogP contribution in [0.15, 0.2) is 36.5 Å². The Morgan fingerprint density at radius 1 is 1.04 bits per heavy atom. The minimum atomic E-state index is -0.326. The van der Waals surface area contributed by atoms with Gasteiger partial charge in [0, 0.05) is 17.3 Å². The van der Waals surface area contributed by atoms with E-state index in [0.29, 0.717) is 17.4 Å². The summed E-state index contributed by atoms with van der Waals surface area (Å²) in [4.78, 5) is 26.8. The van der Waals surface area contributed by atoms with Gasteiger partial charge in [0.25, 0.3) is 0 Å². The van der Waals surface area contributed by atoms with Crippen molar-refractivity contribution in [2.24, 2.45) is 11.8 Å². The first kappa shape index (κ1) is 15.1. The highest BCUT2D eigenvalue weighted by atomic mass is 35.5. The Kier molecular flexibility index (Phi) is 3.27. The fourth-order valence-corrected chi connectivity index (χ4v) is 4.40. The second-order valence-corrected chi connectivity index (χ2v) is 7.29. The standard InChI is InChI=1S/C18H16ClN3O3/c19-11-3-1-10(2-4-11)9-21-8-7-14(20-21)22-17(23)15-12-5-6-13(25-12)16(15)18(22)24/h1-4,7-8,12-13,15-16H,5-6,9H2/t12-,13-,15-,16-/m1/s1. The van der Waals surface area contributed by atoms with E-state index in [1.807, 2.05) is 24.3 Å². The zero-order valence-corrected chi connectivity index (χ0v) is 14.1. The quantitative estimate of drug-likeness (QED) is 0.790. The second-order valence-electron chi connectivity index (χ2n) is 6.85. The summed E-state index contributed by atoms with van der Waals surface area (Å²) in [5.74, 6) is -0.587. The van der Waals surface area contributed by atoms with Crippen LogP contribution in [0.5, 0.6) is 0 Å². The van der Waals surface area contributed by atoms with E-state index >= 15 is 0 Å². The Morgan fingerprint density at radius 3 is 2.32 bits per heavy atom. The average Bonchev–Trinajstić information content (AvgIpc) is 3.35. The van der Waals surface area contributed by atoms with Crippen LogP contribution in [0.1, 0.15) is 18.4 Å². The second kappa shape index (κ2) is 5.41. The van der Waals surface area contributed by atoms with Gasteiger partial charge in [-0.1, -0.05) is 23.7 Å². The van der Waals surface area contributed by atoms with E-state index < -0.39 is 0 Å². The lowest BCUT2D eigenvalue weighted by molar-refractivity contribution is -0.124. The number of anilines is 1. The molecule has 0 saturated carbocycles. The van der Waals surface area contributed by atoms with Gasteiger partial charge in [-0.3, -0.25) is 14.3 Å². The molecule has 2 aromatic rings. The number of rotatable bonds is 3. The molecule has 128 valence electrons. The number of hydrogen-bond acceptors (Lipinski definition) is 4. The van der Waals surface area contributed by atoms with Gasteiger partial charge >= 0.3 is 0 Å². The Bertz CT molecular complexity index is 835. The van der Waals surface area contributed by atoms with Crippen LogP contribution >= 0.6 is 11.6 Å². The molecule has 0 unspecified atom stereocenters. The molecule has 3 aliphatic heterocycles. The van der Waals surface area contributed by atoms with Gasteiger partial charge in [0.05, 0.1) is 30.6 Å². The molecule has 4 heterocycles. The zero-order chi connectivity index (χ0) is 17.1.